The third-order valence-corrected chi connectivity index (χ3v) is 4.19. The maximum atomic E-state index is 5.63. The van der Waals surface area contributed by atoms with Crippen molar-refractivity contribution >= 4 is 5.82 Å². The van der Waals surface area contributed by atoms with E-state index in [1.807, 2.05) is 12.1 Å². The molecule has 1 aliphatic rings. The molecule has 0 atom stereocenters. The minimum Gasteiger partial charge on any atom is -0.447 e. The first kappa shape index (κ1) is 15.9. The van der Waals surface area contributed by atoms with Crippen molar-refractivity contribution in [3.05, 3.63) is 36.2 Å². The lowest BCUT2D eigenvalue weighted by molar-refractivity contribution is 0.193. The van der Waals surface area contributed by atoms with Crippen molar-refractivity contribution in [2.45, 2.75) is 51.6 Å². The Bertz CT molecular complexity index is 611. The number of nitrogens with zero attached hydrogens (tertiary/aromatic N) is 4. The highest BCUT2D eigenvalue weighted by Gasteiger charge is 2.23. The van der Waals surface area contributed by atoms with E-state index in [9.17, 15) is 0 Å². The van der Waals surface area contributed by atoms with Crippen LogP contribution in [0.15, 0.2) is 29.0 Å². The molecular formula is C17H25N5O. The van der Waals surface area contributed by atoms with Crippen molar-refractivity contribution < 1.29 is 4.42 Å². The first-order valence-electron chi connectivity index (χ1n) is 8.22. The van der Waals surface area contributed by atoms with Crippen LogP contribution in [0.2, 0.25) is 0 Å². The van der Waals surface area contributed by atoms with E-state index >= 15 is 0 Å². The molecule has 6 heteroatoms. The number of anilines is 1. The fourth-order valence-electron chi connectivity index (χ4n) is 2.74. The lowest BCUT2D eigenvalue weighted by Gasteiger charge is -2.31. The van der Waals surface area contributed by atoms with Crippen LogP contribution in [0.25, 0.3) is 0 Å². The van der Waals surface area contributed by atoms with E-state index in [0.717, 1.165) is 49.9 Å². The van der Waals surface area contributed by atoms with Crippen molar-refractivity contribution in [1.82, 2.24) is 20.1 Å². The fraction of sp³-hybridized carbons (Fsp3) is 0.588. The van der Waals surface area contributed by atoms with Gasteiger partial charge in [0.15, 0.2) is 0 Å². The number of nitrogens with one attached hydrogen (secondary N) is 1. The lowest BCUT2D eigenvalue weighted by Crippen LogP contribution is -2.38. The van der Waals surface area contributed by atoms with Gasteiger partial charge in [0.05, 0.1) is 12.2 Å². The van der Waals surface area contributed by atoms with E-state index in [0.29, 0.717) is 6.04 Å². The van der Waals surface area contributed by atoms with E-state index in [2.05, 4.69) is 46.2 Å². The van der Waals surface area contributed by atoms with Crippen LogP contribution < -0.4 is 5.32 Å². The van der Waals surface area contributed by atoms with Gasteiger partial charge in [-0.1, -0.05) is 20.8 Å². The zero-order chi connectivity index (χ0) is 16.3. The summed E-state index contributed by atoms with van der Waals surface area (Å²) in [6.45, 7) is 9.30. The molecule has 0 bridgehead atoms. The Morgan fingerprint density at radius 2 is 2.09 bits per heavy atom. The molecule has 1 aliphatic heterocycles. The molecule has 0 unspecified atom stereocenters. The van der Waals surface area contributed by atoms with Crippen LogP contribution in [0.4, 0.5) is 5.82 Å². The van der Waals surface area contributed by atoms with Gasteiger partial charge in [-0.15, -0.1) is 5.10 Å². The van der Waals surface area contributed by atoms with Crippen molar-refractivity contribution in [1.29, 1.82) is 0 Å². The maximum absolute atomic E-state index is 5.63. The molecule has 1 saturated heterocycles. The number of hydrogen-bond acceptors (Lipinski definition) is 6. The highest BCUT2D eigenvalue weighted by molar-refractivity contribution is 5.33. The van der Waals surface area contributed by atoms with Crippen molar-refractivity contribution in [3.63, 3.8) is 0 Å². The van der Waals surface area contributed by atoms with Crippen molar-refractivity contribution in [2.24, 2.45) is 0 Å². The molecule has 124 valence electrons. The average molecular weight is 315 g/mol. The van der Waals surface area contributed by atoms with Gasteiger partial charge in [0, 0.05) is 30.7 Å². The second-order valence-electron chi connectivity index (χ2n) is 7.18. The second-order valence-corrected chi connectivity index (χ2v) is 7.18. The molecule has 6 nitrogen and oxygen atoms in total. The third-order valence-electron chi connectivity index (χ3n) is 4.19. The largest absolute Gasteiger partial charge is 0.447 e. The Morgan fingerprint density at radius 1 is 1.30 bits per heavy atom. The van der Waals surface area contributed by atoms with Crippen LogP contribution in [0.1, 0.15) is 45.2 Å². The van der Waals surface area contributed by atoms with E-state index in [1.54, 1.807) is 12.5 Å². The zero-order valence-electron chi connectivity index (χ0n) is 14.1. The Kier molecular flexibility index (Phi) is 4.61. The molecule has 23 heavy (non-hydrogen) atoms. The molecule has 3 rings (SSSR count). The predicted octanol–water partition coefficient (Wildman–Crippen LogP) is 2.84. The Balaban J connectivity index is 1.48. The van der Waals surface area contributed by atoms with Crippen LogP contribution >= 0.6 is 0 Å². The van der Waals surface area contributed by atoms with Gasteiger partial charge in [0.25, 0.3) is 0 Å². The average Bonchev–Trinajstić information content (AvgIpc) is 2.99. The van der Waals surface area contributed by atoms with Gasteiger partial charge in [0.1, 0.15) is 12.1 Å². The summed E-state index contributed by atoms with van der Waals surface area (Å²) >= 11 is 0. The molecule has 0 saturated carbocycles. The number of likely N-dealkylation sites (tertiary alicyclic amines) is 1. The maximum Gasteiger partial charge on any atom is 0.208 e. The fourth-order valence-corrected chi connectivity index (χ4v) is 2.74. The molecule has 0 spiro atoms. The summed E-state index contributed by atoms with van der Waals surface area (Å²) < 4.78 is 5.63. The molecule has 0 aliphatic carbocycles. The minimum absolute atomic E-state index is 0.0371. The molecule has 1 fully saturated rings. The topological polar surface area (TPSA) is 67.1 Å². The van der Waals surface area contributed by atoms with Gasteiger partial charge in [-0.2, -0.15) is 5.10 Å². The molecule has 0 amide bonds. The standard InChI is InChI=1S/C17H25N5O/c1-17(2,3)14-12-23-16(20-14)11-22-9-6-13(7-10-22)19-15-5-4-8-18-21-15/h4-5,8,12-13H,6-7,9-11H2,1-3H3,(H,19,21). The molecule has 1 N–H and O–H groups in total. The highest BCUT2D eigenvalue weighted by Crippen LogP contribution is 2.22. The number of rotatable bonds is 4. The molecule has 0 aromatic carbocycles. The summed E-state index contributed by atoms with van der Waals surface area (Å²) in [7, 11) is 0. The third kappa shape index (κ3) is 4.28. The predicted molar refractivity (Wildman–Crippen MR) is 89.2 cm³/mol. The minimum atomic E-state index is 0.0371. The Hall–Kier alpha value is -1.95. The number of piperidine rings is 1. The SMILES string of the molecule is CC(C)(C)c1coc(CN2CCC(Nc3cccnn3)CC2)n1. The smallest absolute Gasteiger partial charge is 0.208 e. The molecule has 0 radical (unpaired) electrons. The first-order valence-corrected chi connectivity index (χ1v) is 8.22. The molecular weight excluding hydrogens is 290 g/mol. The van der Waals surface area contributed by atoms with Gasteiger partial charge >= 0.3 is 0 Å². The number of oxazole rings is 1. The summed E-state index contributed by atoms with van der Waals surface area (Å²) in [6, 6.07) is 4.32. The summed E-state index contributed by atoms with van der Waals surface area (Å²) in [4.78, 5) is 7.02. The van der Waals surface area contributed by atoms with E-state index < -0.39 is 0 Å². The summed E-state index contributed by atoms with van der Waals surface area (Å²) in [6.07, 6.45) is 5.65. The molecule has 2 aromatic rings. The Labute approximate surface area is 137 Å². The van der Waals surface area contributed by atoms with E-state index in [1.165, 1.54) is 0 Å². The van der Waals surface area contributed by atoms with Crippen molar-refractivity contribution in [2.75, 3.05) is 18.4 Å². The second kappa shape index (κ2) is 6.66. The zero-order valence-corrected chi connectivity index (χ0v) is 14.1. The Morgan fingerprint density at radius 3 is 2.70 bits per heavy atom. The molecule has 2 aromatic heterocycles. The van der Waals surface area contributed by atoms with E-state index in [-0.39, 0.29) is 5.41 Å². The quantitative estimate of drug-likeness (QED) is 0.936. The summed E-state index contributed by atoms with van der Waals surface area (Å²) in [5.74, 6) is 1.67. The van der Waals surface area contributed by atoms with Crippen LogP contribution in [-0.4, -0.2) is 39.2 Å². The normalized spacial score (nSPS) is 17.3. The number of hydrogen-bond donors (Lipinski definition) is 1. The van der Waals surface area contributed by atoms with Gasteiger partial charge < -0.3 is 9.73 Å². The van der Waals surface area contributed by atoms with Crippen LogP contribution in [-0.2, 0) is 12.0 Å². The lowest BCUT2D eigenvalue weighted by atomic mass is 9.93. The van der Waals surface area contributed by atoms with Gasteiger partial charge in [0.2, 0.25) is 5.89 Å². The molecule has 3 heterocycles. The first-order chi connectivity index (χ1) is 11.0. The van der Waals surface area contributed by atoms with Gasteiger partial charge in [-0.25, -0.2) is 4.98 Å². The highest BCUT2D eigenvalue weighted by atomic mass is 16.3. The monoisotopic (exact) mass is 315 g/mol. The van der Waals surface area contributed by atoms with Crippen LogP contribution in [0.3, 0.4) is 0 Å². The van der Waals surface area contributed by atoms with Gasteiger partial charge in [-0.05, 0) is 25.0 Å². The van der Waals surface area contributed by atoms with Crippen molar-refractivity contribution in [3.8, 4) is 0 Å². The van der Waals surface area contributed by atoms with E-state index in [4.69, 9.17) is 4.42 Å². The van der Waals surface area contributed by atoms with Crippen LogP contribution in [0, 0.1) is 0 Å². The van der Waals surface area contributed by atoms with Crippen LogP contribution in [0.5, 0.6) is 0 Å². The summed E-state index contributed by atoms with van der Waals surface area (Å²) in [5, 5.41) is 11.4. The van der Waals surface area contributed by atoms with Gasteiger partial charge in [-0.3, -0.25) is 4.90 Å². The summed E-state index contributed by atoms with van der Waals surface area (Å²) in [5.41, 5.74) is 1.06. The number of aromatic nitrogens is 3.